The Labute approximate surface area is 115 Å². The quantitative estimate of drug-likeness (QED) is 0.899. The lowest BCUT2D eigenvalue weighted by Crippen LogP contribution is -2.04. The summed E-state index contributed by atoms with van der Waals surface area (Å²) in [4.78, 5) is 8.46. The van der Waals surface area contributed by atoms with Crippen LogP contribution in [0.5, 0.6) is 0 Å². The van der Waals surface area contributed by atoms with Crippen molar-refractivity contribution in [2.45, 2.75) is 19.8 Å². The van der Waals surface area contributed by atoms with Gasteiger partial charge in [-0.3, -0.25) is 0 Å². The molecule has 0 aliphatic rings. The van der Waals surface area contributed by atoms with Gasteiger partial charge in [-0.25, -0.2) is 14.4 Å². The summed E-state index contributed by atoms with van der Waals surface area (Å²) in [6.45, 7) is 3.95. The van der Waals surface area contributed by atoms with Crippen LogP contribution < -0.4 is 11.1 Å². The van der Waals surface area contributed by atoms with Crippen molar-refractivity contribution in [2.75, 3.05) is 11.1 Å². The number of hydrogen-bond donors (Lipinski definition) is 2. The predicted octanol–water partition coefficient (Wildman–Crippen LogP) is 3.72. The van der Waals surface area contributed by atoms with Crippen LogP contribution in [0.25, 0.3) is 0 Å². The molecule has 0 aliphatic heterocycles. The van der Waals surface area contributed by atoms with E-state index in [-0.39, 0.29) is 10.9 Å². The van der Waals surface area contributed by atoms with E-state index < -0.39 is 5.82 Å². The summed E-state index contributed by atoms with van der Waals surface area (Å²) in [7, 11) is 0. The zero-order valence-electron chi connectivity index (χ0n) is 10.6. The molecule has 4 nitrogen and oxygen atoms in total. The molecule has 6 heteroatoms. The minimum atomic E-state index is -0.488. The van der Waals surface area contributed by atoms with Crippen LogP contribution in [-0.2, 0) is 0 Å². The van der Waals surface area contributed by atoms with Crippen LogP contribution in [0.2, 0.25) is 5.02 Å². The van der Waals surface area contributed by atoms with Crippen molar-refractivity contribution in [3.05, 3.63) is 40.9 Å². The first-order valence-corrected chi connectivity index (χ1v) is 6.20. The smallest absolute Gasteiger partial charge is 0.143 e. The molecule has 3 N–H and O–H groups in total. The second kappa shape index (κ2) is 5.40. The van der Waals surface area contributed by atoms with Crippen LogP contribution in [0.15, 0.2) is 24.3 Å². The SMILES string of the molecule is CC(C)c1nc(N)cc(Nc2ccc(Cl)c(F)c2)n1. The Morgan fingerprint density at radius 3 is 2.63 bits per heavy atom. The Balaban J connectivity index is 2.29. The van der Waals surface area contributed by atoms with E-state index >= 15 is 0 Å². The van der Waals surface area contributed by atoms with E-state index in [0.717, 1.165) is 0 Å². The van der Waals surface area contributed by atoms with E-state index in [9.17, 15) is 4.39 Å². The number of halogens is 2. The molecule has 0 radical (unpaired) electrons. The molecule has 0 aliphatic carbocycles. The zero-order valence-corrected chi connectivity index (χ0v) is 11.4. The molecule has 1 aromatic carbocycles. The monoisotopic (exact) mass is 280 g/mol. The van der Waals surface area contributed by atoms with E-state index in [4.69, 9.17) is 17.3 Å². The third-order valence-corrected chi connectivity index (χ3v) is 2.78. The normalized spacial score (nSPS) is 10.8. The highest BCUT2D eigenvalue weighted by molar-refractivity contribution is 6.30. The highest BCUT2D eigenvalue weighted by atomic mass is 35.5. The zero-order chi connectivity index (χ0) is 14.0. The average Bonchev–Trinajstić information content (AvgIpc) is 2.33. The van der Waals surface area contributed by atoms with Crippen molar-refractivity contribution >= 4 is 28.9 Å². The first kappa shape index (κ1) is 13.5. The molecule has 2 rings (SSSR count). The molecule has 0 spiro atoms. The number of nitrogens with zero attached hydrogens (tertiary/aromatic N) is 2. The van der Waals surface area contributed by atoms with Crippen molar-refractivity contribution in [3.8, 4) is 0 Å². The molecule has 1 heterocycles. The third kappa shape index (κ3) is 3.32. The van der Waals surface area contributed by atoms with Gasteiger partial charge < -0.3 is 11.1 Å². The summed E-state index contributed by atoms with van der Waals surface area (Å²) in [5, 5.41) is 3.06. The van der Waals surface area contributed by atoms with Crippen LogP contribution in [0, 0.1) is 5.82 Å². The minimum Gasteiger partial charge on any atom is -0.384 e. The number of rotatable bonds is 3. The van der Waals surface area contributed by atoms with Gasteiger partial charge in [0, 0.05) is 17.7 Å². The topological polar surface area (TPSA) is 63.8 Å². The van der Waals surface area contributed by atoms with Crippen LogP contribution in [0.3, 0.4) is 0 Å². The summed E-state index contributed by atoms with van der Waals surface area (Å²) in [6, 6.07) is 6.04. The summed E-state index contributed by atoms with van der Waals surface area (Å²) in [5.74, 6) is 1.20. The van der Waals surface area contributed by atoms with Gasteiger partial charge in [0.25, 0.3) is 0 Å². The Morgan fingerprint density at radius 1 is 1.26 bits per heavy atom. The van der Waals surface area contributed by atoms with Gasteiger partial charge in [0.2, 0.25) is 0 Å². The van der Waals surface area contributed by atoms with Crippen molar-refractivity contribution < 1.29 is 4.39 Å². The molecular weight excluding hydrogens is 267 g/mol. The molecule has 0 unspecified atom stereocenters. The predicted molar refractivity (Wildman–Crippen MR) is 75.2 cm³/mol. The van der Waals surface area contributed by atoms with Gasteiger partial charge in [0.1, 0.15) is 23.3 Å². The van der Waals surface area contributed by atoms with Crippen LogP contribution in [0.1, 0.15) is 25.6 Å². The van der Waals surface area contributed by atoms with E-state index in [1.807, 2.05) is 13.8 Å². The van der Waals surface area contributed by atoms with E-state index in [1.165, 1.54) is 12.1 Å². The van der Waals surface area contributed by atoms with Crippen molar-refractivity contribution in [1.29, 1.82) is 0 Å². The van der Waals surface area contributed by atoms with Crippen LogP contribution in [-0.4, -0.2) is 9.97 Å². The van der Waals surface area contributed by atoms with E-state index in [1.54, 1.807) is 12.1 Å². The van der Waals surface area contributed by atoms with Gasteiger partial charge >= 0.3 is 0 Å². The van der Waals surface area contributed by atoms with Gasteiger partial charge in [0.05, 0.1) is 5.02 Å². The maximum Gasteiger partial charge on any atom is 0.143 e. The summed E-state index contributed by atoms with van der Waals surface area (Å²) in [5.41, 5.74) is 6.27. The molecule has 1 aromatic heterocycles. The fraction of sp³-hybridized carbons (Fsp3) is 0.231. The lowest BCUT2D eigenvalue weighted by molar-refractivity contribution is 0.629. The highest BCUT2D eigenvalue weighted by Crippen LogP contribution is 2.23. The lowest BCUT2D eigenvalue weighted by atomic mass is 10.2. The van der Waals surface area contributed by atoms with Gasteiger partial charge in [-0.2, -0.15) is 0 Å². The minimum absolute atomic E-state index is 0.0793. The molecule has 0 amide bonds. The first-order valence-electron chi connectivity index (χ1n) is 5.82. The maximum atomic E-state index is 13.3. The number of hydrogen-bond acceptors (Lipinski definition) is 4. The average molecular weight is 281 g/mol. The van der Waals surface area contributed by atoms with Gasteiger partial charge in [0.15, 0.2) is 0 Å². The number of nitrogen functional groups attached to an aromatic ring is 1. The molecule has 0 saturated heterocycles. The van der Waals surface area contributed by atoms with Crippen molar-refractivity contribution in [1.82, 2.24) is 9.97 Å². The largest absolute Gasteiger partial charge is 0.384 e. The lowest BCUT2D eigenvalue weighted by Gasteiger charge is -2.10. The second-order valence-corrected chi connectivity index (χ2v) is 4.85. The fourth-order valence-corrected chi connectivity index (χ4v) is 1.65. The Hall–Kier alpha value is -1.88. The van der Waals surface area contributed by atoms with Crippen molar-refractivity contribution in [2.24, 2.45) is 0 Å². The third-order valence-electron chi connectivity index (χ3n) is 2.47. The number of nitrogens with one attached hydrogen (secondary N) is 1. The molecule has 0 atom stereocenters. The van der Waals surface area contributed by atoms with Gasteiger partial charge in [-0.1, -0.05) is 25.4 Å². The summed E-state index contributed by atoms with van der Waals surface area (Å²) >= 11 is 5.63. The number of anilines is 3. The van der Waals surface area contributed by atoms with Crippen LogP contribution in [0.4, 0.5) is 21.7 Å². The molecule has 0 bridgehead atoms. The summed E-state index contributed by atoms with van der Waals surface area (Å²) in [6.07, 6.45) is 0. The molecule has 0 saturated carbocycles. The van der Waals surface area contributed by atoms with Gasteiger partial charge in [-0.15, -0.1) is 0 Å². The molecule has 19 heavy (non-hydrogen) atoms. The Morgan fingerprint density at radius 2 is 2.00 bits per heavy atom. The van der Waals surface area contributed by atoms with Crippen molar-refractivity contribution in [3.63, 3.8) is 0 Å². The summed E-state index contributed by atoms with van der Waals surface area (Å²) < 4.78 is 13.3. The highest BCUT2D eigenvalue weighted by Gasteiger charge is 2.07. The van der Waals surface area contributed by atoms with E-state index in [0.29, 0.717) is 23.1 Å². The number of benzene rings is 1. The Kier molecular flexibility index (Phi) is 3.85. The molecule has 100 valence electrons. The standard InChI is InChI=1S/C13H14ClFN4/c1-7(2)13-18-11(16)6-12(19-13)17-8-3-4-9(14)10(15)5-8/h3-7H,1-2H3,(H3,16,17,18,19). The van der Waals surface area contributed by atoms with Gasteiger partial charge in [-0.05, 0) is 18.2 Å². The fourth-order valence-electron chi connectivity index (χ4n) is 1.53. The molecule has 2 aromatic rings. The molecule has 0 fully saturated rings. The van der Waals surface area contributed by atoms with Crippen LogP contribution >= 0.6 is 11.6 Å². The number of nitrogens with two attached hydrogens (primary N) is 1. The number of aromatic nitrogens is 2. The second-order valence-electron chi connectivity index (χ2n) is 4.44. The Bertz CT molecular complexity index is 601. The maximum absolute atomic E-state index is 13.3. The first-order chi connectivity index (χ1) is 8.95. The molecular formula is C13H14ClFN4. The van der Waals surface area contributed by atoms with E-state index in [2.05, 4.69) is 15.3 Å².